The van der Waals surface area contributed by atoms with E-state index in [0.29, 0.717) is 40.3 Å². The fourth-order valence-corrected chi connectivity index (χ4v) is 5.27. The Labute approximate surface area is 259 Å². The number of carboxylic acids is 1. The van der Waals surface area contributed by atoms with Gasteiger partial charge in [-0.1, -0.05) is 29.8 Å². The first kappa shape index (κ1) is 30.7. The van der Waals surface area contributed by atoms with Crippen LogP contribution in [0.4, 0.5) is 5.69 Å². The molecule has 0 unspecified atom stereocenters. The summed E-state index contributed by atoms with van der Waals surface area (Å²) in [6.07, 6.45) is 1.41. The van der Waals surface area contributed by atoms with Crippen molar-refractivity contribution >= 4 is 44.1 Å². The van der Waals surface area contributed by atoms with Crippen molar-refractivity contribution < 1.29 is 32.5 Å². The van der Waals surface area contributed by atoms with E-state index in [2.05, 4.69) is 4.98 Å². The number of carboxylic acid groups (broad SMARTS) is 1. The molecule has 0 bridgehead atoms. The number of nitrogen functional groups attached to an aromatic ring is 1. The first-order valence-corrected chi connectivity index (χ1v) is 15.8. The minimum absolute atomic E-state index is 0.0262. The predicted molar refractivity (Wildman–Crippen MR) is 167 cm³/mol. The number of benzene rings is 4. The van der Waals surface area contributed by atoms with Gasteiger partial charge in [-0.15, -0.1) is 0 Å². The molecule has 0 aliphatic heterocycles. The maximum atomic E-state index is 11.8. The number of halogens is 1. The molecule has 0 atom stereocenters. The molecular formula is C32H30ClN3O7S. The van der Waals surface area contributed by atoms with Crippen LogP contribution in [0.2, 0.25) is 5.02 Å². The van der Waals surface area contributed by atoms with Crippen molar-refractivity contribution in [2.75, 3.05) is 12.0 Å². The SMILES string of the molecule is Cn1c(COc2ccc(CCC(=O)O)c(OCc3ccc(Cl)cc3)c2)nc2ccc(Oc3ccc(S(C)(=O)=O)cc3N)cc21. The van der Waals surface area contributed by atoms with Gasteiger partial charge in [0.15, 0.2) is 9.84 Å². The van der Waals surface area contributed by atoms with Gasteiger partial charge in [0.05, 0.1) is 21.6 Å². The smallest absolute Gasteiger partial charge is 0.303 e. The number of sulfone groups is 1. The van der Waals surface area contributed by atoms with Gasteiger partial charge in [-0.05, 0) is 66.1 Å². The molecule has 0 radical (unpaired) electrons. The molecule has 3 N–H and O–H groups in total. The lowest BCUT2D eigenvalue weighted by atomic mass is 10.1. The van der Waals surface area contributed by atoms with Gasteiger partial charge in [-0.2, -0.15) is 0 Å². The molecule has 0 aliphatic rings. The summed E-state index contributed by atoms with van der Waals surface area (Å²) in [4.78, 5) is 16.0. The molecule has 5 aromatic rings. The zero-order chi connectivity index (χ0) is 31.4. The number of imidazole rings is 1. The number of aromatic nitrogens is 2. The number of rotatable bonds is 12. The summed E-state index contributed by atoms with van der Waals surface area (Å²) < 4.78 is 43.6. The highest BCUT2D eigenvalue weighted by Gasteiger charge is 2.14. The van der Waals surface area contributed by atoms with Crippen LogP contribution in [-0.2, 0) is 41.3 Å². The number of nitrogens with two attached hydrogens (primary N) is 1. The Hall–Kier alpha value is -4.74. The first-order valence-electron chi connectivity index (χ1n) is 13.5. The Morgan fingerprint density at radius 2 is 1.68 bits per heavy atom. The third kappa shape index (κ3) is 7.42. The zero-order valence-electron chi connectivity index (χ0n) is 24.0. The van der Waals surface area contributed by atoms with E-state index in [0.717, 1.165) is 28.4 Å². The van der Waals surface area contributed by atoms with Crippen molar-refractivity contribution in [3.8, 4) is 23.0 Å². The van der Waals surface area contributed by atoms with Crippen molar-refractivity contribution in [1.82, 2.24) is 9.55 Å². The molecule has 4 aromatic carbocycles. The molecule has 0 fully saturated rings. The molecule has 10 nitrogen and oxygen atoms in total. The maximum absolute atomic E-state index is 11.8. The Bertz CT molecular complexity index is 1940. The minimum atomic E-state index is -3.39. The number of ether oxygens (including phenoxy) is 3. The van der Waals surface area contributed by atoms with Gasteiger partial charge in [0, 0.05) is 36.9 Å². The Morgan fingerprint density at radius 1 is 0.932 bits per heavy atom. The average molecular weight is 636 g/mol. The molecule has 44 heavy (non-hydrogen) atoms. The van der Waals surface area contributed by atoms with Gasteiger partial charge >= 0.3 is 5.97 Å². The summed E-state index contributed by atoms with van der Waals surface area (Å²) in [6.45, 7) is 0.440. The topological polar surface area (TPSA) is 143 Å². The highest BCUT2D eigenvalue weighted by Crippen LogP contribution is 2.32. The third-order valence-corrected chi connectivity index (χ3v) is 8.27. The number of nitrogens with zero attached hydrogens (tertiary/aromatic N) is 2. The maximum Gasteiger partial charge on any atom is 0.303 e. The van der Waals surface area contributed by atoms with Crippen LogP contribution >= 0.6 is 11.6 Å². The lowest BCUT2D eigenvalue weighted by Crippen LogP contribution is -2.05. The van der Waals surface area contributed by atoms with Crippen molar-refractivity contribution in [1.29, 1.82) is 0 Å². The molecule has 5 rings (SSSR count). The van der Waals surface area contributed by atoms with Crippen LogP contribution in [0.3, 0.4) is 0 Å². The monoisotopic (exact) mass is 635 g/mol. The highest BCUT2D eigenvalue weighted by molar-refractivity contribution is 7.90. The number of hydrogen-bond donors (Lipinski definition) is 2. The van der Waals surface area contributed by atoms with Crippen LogP contribution in [0.15, 0.2) is 83.8 Å². The lowest BCUT2D eigenvalue weighted by molar-refractivity contribution is -0.136. The average Bonchev–Trinajstić information content (AvgIpc) is 3.30. The number of anilines is 1. The van der Waals surface area contributed by atoms with Crippen LogP contribution in [0.25, 0.3) is 11.0 Å². The second-order valence-electron chi connectivity index (χ2n) is 10.2. The van der Waals surface area contributed by atoms with Gasteiger partial charge < -0.3 is 29.6 Å². The summed E-state index contributed by atoms with van der Waals surface area (Å²) >= 11 is 5.98. The Balaban J connectivity index is 1.31. The van der Waals surface area contributed by atoms with E-state index in [1.165, 1.54) is 18.2 Å². The number of hydrogen-bond acceptors (Lipinski definition) is 8. The summed E-state index contributed by atoms with van der Waals surface area (Å²) in [7, 11) is -1.53. The molecule has 228 valence electrons. The van der Waals surface area contributed by atoms with Gasteiger partial charge in [0.25, 0.3) is 0 Å². The largest absolute Gasteiger partial charge is 0.488 e. The van der Waals surface area contributed by atoms with E-state index in [-0.39, 0.29) is 30.2 Å². The second-order valence-corrected chi connectivity index (χ2v) is 12.6. The first-order chi connectivity index (χ1) is 21.0. The number of fused-ring (bicyclic) bond motifs is 1. The van der Waals surface area contributed by atoms with Gasteiger partial charge in [0.1, 0.15) is 42.0 Å². The summed E-state index contributed by atoms with van der Waals surface area (Å²) in [6, 6.07) is 22.4. The van der Waals surface area contributed by atoms with Crippen LogP contribution < -0.4 is 19.9 Å². The van der Waals surface area contributed by atoms with Gasteiger partial charge in [0.2, 0.25) is 0 Å². The summed E-state index contributed by atoms with van der Waals surface area (Å²) in [5, 5.41) is 9.80. The standard InChI is InChI=1S/C32H30ClN3O7S/c1-36-28-15-24(43-29-13-11-25(17-26(29)34)44(2,39)40)10-12-27(28)35-31(36)19-41-23-9-5-21(6-14-32(37)38)30(16-23)42-18-20-3-7-22(33)8-4-20/h3-5,7-13,15-17H,6,14,18-19,34H2,1-2H3,(H,37,38). The third-order valence-electron chi connectivity index (χ3n) is 6.90. The minimum Gasteiger partial charge on any atom is -0.488 e. The van der Waals surface area contributed by atoms with E-state index in [9.17, 15) is 13.2 Å². The number of aliphatic carboxylic acids is 1. The second kappa shape index (κ2) is 12.9. The van der Waals surface area contributed by atoms with E-state index in [4.69, 9.17) is 36.7 Å². The Kier molecular flexibility index (Phi) is 8.98. The van der Waals surface area contributed by atoms with Gasteiger partial charge in [-0.3, -0.25) is 4.79 Å². The molecule has 0 saturated carbocycles. The molecule has 1 heterocycles. The number of carbonyl (C=O) groups is 1. The van der Waals surface area contributed by atoms with Crippen molar-refractivity contribution in [3.63, 3.8) is 0 Å². The van der Waals surface area contributed by atoms with E-state index < -0.39 is 15.8 Å². The van der Waals surface area contributed by atoms with E-state index >= 15 is 0 Å². The van der Waals surface area contributed by atoms with E-state index in [1.54, 1.807) is 30.3 Å². The van der Waals surface area contributed by atoms with Crippen LogP contribution in [-0.4, -0.2) is 35.3 Å². The fourth-order valence-electron chi connectivity index (χ4n) is 4.49. The van der Waals surface area contributed by atoms with Gasteiger partial charge in [-0.25, -0.2) is 13.4 Å². The summed E-state index contributed by atoms with van der Waals surface area (Å²) in [5.41, 5.74) is 9.46. The fraction of sp³-hybridized carbons (Fsp3) is 0.188. The Morgan fingerprint density at radius 3 is 2.39 bits per heavy atom. The molecule has 0 spiro atoms. The van der Waals surface area contributed by atoms with Crippen LogP contribution in [0.5, 0.6) is 23.0 Å². The van der Waals surface area contributed by atoms with Crippen molar-refractivity contribution in [3.05, 3.63) is 101 Å². The molecular weight excluding hydrogens is 606 g/mol. The van der Waals surface area contributed by atoms with Crippen molar-refractivity contribution in [2.45, 2.75) is 31.0 Å². The normalized spacial score (nSPS) is 11.4. The van der Waals surface area contributed by atoms with Crippen LogP contribution in [0, 0.1) is 0 Å². The van der Waals surface area contributed by atoms with Crippen molar-refractivity contribution in [2.24, 2.45) is 7.05 Å². The zero-order valence-corrected chi connectivity index (χ0v) is 25.6. The highest BCUT2D eigenvalue weighted by atomic mass is 35.5. The number of aryl methyl sites for hydroxylation is 2. The predicted octanol–water partition coefficient (Wildman–Crippen LogP) is 6.18. The molecule has 1 aromatic heterocycles. The molecule has 0 aliphatic carbocycles. The molecule has 0 saturated heterocycles. The van der Waals surface area contributed by atoms with E-state index in [1.807, 2.05) is 41.9 Å². The van der Waals surface area contributed by atoms with Crippen LogP contribution in [0.1, 0.15) is 23.4 Å². The quantitative estimate of drug-likeness (QED) is 0.154. The molecule has 12 heteroatoms. The molecule has 0 amide bonds. The lowest BCUT2D eigenvalue weighted by Gasteiger charge is -2.14. The summed E-state index contributed by atoms with van der Waals surface area (Å²) in [5.74, 6) is 1.69.